The van der Waals surface area contributed by atoms with Crippen LogP contribution in [0.25, 0.3) is 11.1 Å². The lowest BCUT2D eigenvalue weighted by Crippen LogP contribution is -2.19. The van der Waals surface area contributed by atoms with Gasteiger partial charge in [-0.3, -0.25) is 0 Å². The number of halogens is 3. The van der Waals surface area contributed by atoms with Crippen LogP contribution >= 0.6 is 0 Å². The highest BCUT2D eigenvalue weighted by atomic mass is 19.4. The third kappa shape index (κ3) is 3.73. The van der Waals surface area contributed by atoms with Crippen LogP contribution in [0.3, 0.4) is 0 Å². The SMILES string of the molecule is Cc1ccccc1-c1cccc(C(F)(F)F)c1C(=O)OC(C)C. The van der Waals surface area contributed by atoms with Crippen LogP contribution in [0.1, 0.15) is 35.3 Å². The number of carbonyl (C=O) groups excluding carboxylic acids is 1. The van der Waals surface area contributed by atoms with E-state index in [1.165, 1.54) is 12.1 Å². The van der Waals surface area contributed by atoms with Crippen LogP contribution in [0, 0.1) is 6.92 Å². The number of alkyl halides is 3. The number of esters is 1. The molecular weight excluding hydrogens is 305 g/mol. The highest BCUT2D eigenvalue weighted by Gasteiger charge is 2.37. The van der Waals surface area contributed by atoms with Gasteiger partial charge in [-0.05, 0) is 43.5 Å². The van der Waals surface area contributed by atoms with Gasteiger partial charge in [-0.15, -0.1) is 0 Å². The molecule has 0 radical (unpaired) electrons. The van der Waals surface area contributed by atoms with E-state index in [4.69, 9.17) is 4.74 Å². The fourth-order valence-electron chi connectivity index (χ4n) is 2.38. The van der Waals surface area contributed by atoms with Gasteiger partial charge in [0, 0.05) is 0 Å². The normalized spacial score (nSPS) is 11.6. The van der Waals surface area contributed by atoms with E-state index in [0.717, 1.165) is 11.6 Å². The number of rotatable bonds is 3. The van der Waals surface area contributed by atoms with Crippen LogP contribution in [0.4, 0.5) is 13.2 Å². The molecule has 0 saturated heterocycles. The fraction of sp³-hybridized carbons (Fsp3) is 0.278. The lowest BCUT2D eigenvalue weighted by Gasteiger charge is -2.18. The van der Waals surface area contributed by atoms with Crippen molar-refractivity contribution in [2.24, 2.45) is 0 Å². The summed E-state index contributed by atoms with van der Waals surface area (Å²) in [5, 5.41) is 0. The molecular formula is C18H17F3O2. The number of hydrogen-bond donors (Lipinski definition) is 0. The van der Waals surface area contributed by atoms with Gasteiger partial charge in [-0.1, -0.05) is 36.4 Å². The Morgan fingerprint density at radius 2 is 1.61 bits per heavy atom. The number of benzene rings is 2. The van der Waals surface area contributed by atoms with Gasteiger partial charge in [0.15, 0.2) is 0 Å². The molecule has 2 aromatic rings. The average molecular weight is 322 g/mol. The minimum atomic E-state index is -4.63. The van der Waals surface area contributed by atoms with E-state index in [2.05, 4.69) is 0 Å². The molecule has 0 bridgehead atoms. The van der Waals surface area contributed by atoms with Crippen molar-refractivity contribution in [3.05, 3.63) is 59.2 Å². The zero-order valence-electron chi connectivity index (χ0n) is 13.1. The third-order valence-corrected chi connectivity index (χ3v) is 3.35. The van der Waals surface area contributed by atoms with Gasteiger partial charge in [0.05, 0.1) is 17.2 Å². The van der Waals surface area contributed by atoms with E-state index in [-0.39, 0.29) is 5.56 Å². The van der Waals surface area contributed by atoms with Crippen molar-refractivity contribution in [3.8, 4) is 11.1 Å². The molecule has 0 atom stereocenters. The first-order valence-electron chi connectivity index (χ1n) is 7.19. The van der Waals surface area contributed by atoms with Crippen molar-refractivity contribution >= 4 is 5.97 Å². The summed E-state index contributed by atoms with van der Waals surface area (Å²) in [5.41, 5.74) is 0.162. The minimum Gasteiger partial charge on any atom is -0.459 e. The smallest absolute Gasteiger partial charge is 0.417 e. The molecule has 0 fully saturated rings. The van der Waals surface area contributed by atoms with Crippen LogP contribution in [-0.2, 0) is 10.9 Å². The Labute approximate surface area is 132 Å². The maximum atomic E-state index is 13.3. The summed E-state index contributed by atoms with van der Waals surface area (Å²) in [4.78, 5) is 12.3. The van der Waals surface area contributed by atoms with Crippen molar-refractivity contribution < 1.29 is 22.7 Å². The molecule has 0 aromatic heterocycles. The molecule has 0 amide bonds. The molecule has 0 unspecified atom stereocenters. The molecule has 2 rings (SSSR count). The van der Waals surface area contributed by atoms with E-state index in [1.807, 2.05) is 0 Å². The lowest BCUT2D eigenvalue weighted by atomic mass is 9.92. The maximum Gasteiger partial charge on any atom is 0.417 e. The van der Waals surface area contributed by atoms with Gasteiger partial charge in [0.2, 0.25) is 0 Å². The molecule has 0 aliphatic carbocycles. The summed E-state index contributed by atoms with van der Waals surface area (Å²) in [6, 6.07) is 10.7. The monoisotopic (exact) mass is 322 g/mol. The van der Waals surface area contributed by atoms with Crippen LogP contribution in [0.15, 0.2) is 42.5 Å². The molecule has 0 aliphatic heterocycles. The lowest BCUT2D eigenvalue weighted by molar-refractivity contribution is -0.138. The molecule has 122 valence electrons. The Morgan fingerprint density at radius 1 is 1.00 bits per heavy atom. The molecule has 0 heterocycles. The second-order valence-corrected chi connectivity index (χ2v) is 5.49. The summed E-state index contributed by atoms with van der Waals surface area (Å²) in [7, 11) is 0. The molecule has 0 N–H and O–H groups in total. The van der Waals surface area contributed by atoms with Gasteiger partial charge in [0.1, 0.15) is 0 Å². The van der Waals surface area contributed by atoms with Gasteiger partial charge in [-0.2, -0.15) is 13.2 Å². The Balaban J connectivity index is 2.73. The Bertz CT molecular complexity index is 718. The standard InChI is InChI=1S/C18H17F3O2/c1-11(2)23-17(22)16-14(13-8-5-4-7-12(13)3)9-6-10-15(16)18(19,20)21/h4-11H,1-3H3. The number of hydrogen-bond acceptors (Lipinski definition) is 2. The second-order valence-electron chi connectivity index (χ2n) is 5.49. The van der Waals surface area contributed by atoms with Crippen LogP contribution < -0.4 is 0 Å². The first-order valence-corrected chi connectivity index (χ1v) is 7.19. The summed E-state index contributed by atoms with van der Waals surface area (Å²) < 4.78 is 45.0. The third-order valence-electron chi connectivity index (χ3n) is 3.35. The molecule has 0 spiro atoms. The largest absolute Gasteiger partial charge is 0.459 e. The van der Waals surface area contributed by atoms with Crippen molar-refractivity contribution in [2.45, 2.75) is 33.1 Å². The van der Waals surface area contributed by atoms with Gasteiger partial charge >= 0.3 is 12.1 Å². The molecule has 0 saturated carbocycles. The zero-order valence-corrected chi connectivity index (χ0v) is 13.1. The predicted octanol–water partition coefficient (Wildman–Crippen LogP) is 5.25. The molecule has 2 aromatic carbocycles. The highest BCUT2D eigenvalue weighted by Crippen LogP contribution is 2.38. The molecule has 5 heteroatoms. The summed E-state index contributed by atoms with van der Waals surface area (Å²) in [6.07, 6.45) is -5.14. The van der Waals surface area contributed by atoms with Gasteiger partial charge in [0.25, 0.3) is 0 Å². The van der Waals surface area contributed by atoms with E-state index < -0.39 is 29.4 Å². The first-order chi connectivity index (χ1) is 10.7. The topological polar surface area (TPSA) is 26.3 Å². The number of aryl methyl sites for hydroxylation is 1. The second kappa shape index (κ2) is 6.44. The van der Waals surface area contributed by atoms with Crippen LogP contribution in [-0.4, -0.2) is 12.1 Å². The Morgan fingerprint density at radius 3 is 2.17 bits per heavy atom. The number of carbonyl (C=O) groups is 1. The van der Waals surface area contributed by atoms with Crippen molar-refractivity contribution in [2.75, 3.05) is 0 Å². The van der Waals surface area contributed by atoms with E-state index in [9.17, 15) is 18.0 Å². The van der Waals surface area contributed by atoms with Gasteiger partial charge in [-0.25, -0.2) is 4.79 Å². The fourth-order valence-corrected chi connectivity index (χ4v) is 2.38. The Kier molecular flexibility index (Phi) is 4.78. The van der Waals surface area contributed by atoms with E-state index in [1.54, 1.807) is 45.0 Å². The van der Waals surface area contributed by atoms with Crippen molar-refractivity contribution in [3.63, 3.8) is 0 Å². The van der Waals surface area contributed by atoms with E-state index in [0.29, 0.717) is 5.56 Å². The summed E-state index contributed by atoms with van der Waals surface area (Å²) >= 11 is 0. The predicted molar refractivity (Wildman–Crippen MR) is 82.2 cm³/mol. The number of ether oxygens (including phenoxy) is 1. The molecule has 0 aliphatic rings. The van der Waals surface area contributed by atoms with E-state index >= 15 is 0 Å². The van der Waals surface area contributed by atoms with Crippen LogP contribution in [0.5, 0.6) is 0 Å². The quantitative estimate of drug-likeness (QED) is 0.722. The Hall–Kier alpha value is -2.30. The maximum absolute atomic E-state index is 13.3. The van der Waals surface area contributed by atoms with Crippen LogP contribution in [0.2, 0.25) is 0 Å². The summed E-state index contributed by atoms with van der Waals surface area (Å²) in [5.74, 6) is -0.967. The minimum absolute atomic E-state index is 0.226. The first kappa shape index (κ1) is 17.1. The van der Waals surface area contributed by atoms with Gasteiger partial charge < -0.3 is 4.74 Å². The average Bonchev–Trinajstić information content (AvgIpc) is 2.45. The van der Waals surface area contributed by atoms with Crippen molar-refractivity contribution in [1.29, 1.82) is 0 Å². The zero-order chi connectivity index (χ0) is 17.2. The summed E-state index contributed by atoms with van der Waals surface area (Å²) in [6.45, 7) is 4.98. The molecule has 2 nitrogen and oxygen atoms in total. The van der Waals surface area contributed by atoms with Crippen molar-refractivity contribution in [1.82, 2.24) is 0 Å². The highest BCUT2D eigenvalue weighted by molar-refractivity contribution is 5.99. The molecule has 23 heavy (non-hydrogen) atoms.